The molecule has 32 heavy (non-hydrogen) atoms. The van der Waals surface area contributed by atoms with Crippen LogP contribution in [0.2, 0.25) is 0 Å². The van der Waals surface area contributed by atoms with Crippen molar-refractivity contribution in [3.05, 3.63) is 23.3 Å². The average molecular weight is 445 g/mol. The highest BCUT2D eigenvalue weighted by molar-refractivity contribution is 5.72. The van der Waals surface area contributed by atoms with E-state index in [-0.39, 0.29) is 47.5 Å². The Hall–Kier alpha value is -1.83. The Bertz CT molecular complexity index is 928. The molecule has 0 amide bonds. The Balaban J connectivity index is 1.55. The largest absolute Gasteiger partial charge is 0.504 e. The summed E-state index contributed by atoms with van der Waals surface area (Å²) >= 11 is 0. The topological polar surface area (TPSA) is 80.3 Å². The maximum absolute atomic E-state index is 12.4. The summed E-state index contributed by atoms with van der Waals surface area (Å²) in [6, 6.07) is 4.05. The summed E-state index contributed by atoms with van der Waals surface area (Å²) in [6.07, 6.45) is 3.31. The number of aromatic hydroxyl groups is 1. The normalized spacial score (nSPS) is 35.2. The Morgan fingerprint density at radius 3 is 2.84 bits per heavy atom. The Kier molecular flexibility index (Phi) is 5.04. The van der Waals surface area contributed by atoms with Gasteiger partial charge in [0.1, 0.15) is 11.7 Å². The molecule has 2 bridgehead atoms. The van der Waals surface area contributed by atoms with Crippen LogP contribution in [0, 0.1) is 0 Å². The predicted octanol–water partition coefficient (Wildman–Crippen LogP) is 2.52. The minimum Gasteiger partial charge on any atom is -0.504 e. The highest BCUT2D eigenvalue weighted by Crippen LogP contribution is 2.66. The Morgan fingerprint density at radius 1 is 1.34 bits per heavy atom. The zero-order valence-corrected chi connectivity index (χ0v) is 19.9. The average Bonchev–Trinajstić information content (AvgIpc) is 3.06. The maximum Gasteiger partial charge on any atom is 0.320 e. The molecule has 4 aliphatic rings. The van der Waals surface area contributed by atoms with Crippen LogP contribution in [0.1, 0.15) is 58.1 Å². The number of phenolic OH excluding ortho intramolecular Hbond substituents is 1. The van der Waals surface area contributed by atoms with E-state index in [0.29, 0.717) is 12.4 Å². The summed E-state index contributed by atoms with van der Waals surface area (Å²) in [4.78, 5) is 14.9. The lowest BCUT2D eigenvalue weighted by Gasteiger charge is -2.65. The lowest BCUT2D eigenvalue weighted by molar-refractivity contribution is -0.214. The molecule has 5 atom stereocenters. The third-order valence-electron chi connectivity index (χ3n) is 8.02. The van der Waals surface area contributed by atoms with Crippen LogP contribution < -0.4 is 10.1 Å². The van der Waals surface area contributed by atoms with Gasteiger partial charge in [0.25, 0.3) is 0 Å². The van der Waals surface area contributed by atoms with Crippen LogP contribution in [0.3, 0.4) is 0 Å². The van der Waals surface area contributed by atoms with Crippen LogP contribution in [0.15, 0.2) is 12.1 Å². The number of likely N-dealkylation sites (N-methyl/N-ethyl adjacent to an activating group) is 1. The molecule has 1 saturated heterocycles. The number of esters is 1. The molecule has 2 heterocycles. The SMILES string of the molecule is CCO[C@@]12CC[C@H](NCC(=O)OC(C)(C)C)[C@@H]3Oc4c(O)ccc5c4[C@@]31CCN(C)[C@@H]2C5. The van der Waals surface area contributed by atoms with Gasteiger partial charge < -0.3 is 29.5 Å². The van der Waals surface area contributed by atoms with Crippen molar-refractivity contribution < 1.29 is 24.1 Å². The zero-order chi connectivity index (χ0) is 22.9. The van der Waals surface area contributed by atoms with Crippen LogP contribution in [0.5, 0.6) is 11.5 Å². The second-order valence-electron chi connectivity index (χ2n) is 10.8. The van der Waals surface area contributed by atoms with E-state index in [1.165, 1.54) is 5.56 Å². The number of piperidine rings is 1. The number of hydrogen-bond donors (Lipinski definition) is 2. The van der Waals surface area contributed by atoms with Crippen molar-refractivity contribution >= 4 is 5.97 Å². The monoisotopic (exact) mass is 444 g/mol. The lowest BCUT2D eigenvalue weighted by atomic mass is 9.48. The van der Waals surface area contributed by atoms with Gasteiger partial charge in [0.05, 0.1) is 17.6 Å². The van der Waals surface area contributed by atoms with E-state index in [4.69, 9.17) is 14.2 Å². The van der Waals surface area contributed by atoms with Gasteiger partial charge in [-0.3, -0.25) is 4.79 Å². The molecule has 1 saturated carbocycles. The van der Waals surface area contributed by atoms with Gasteiger partial charge in [0.15, 0.2) is 11.5 Å². The van der Waals surface area contributed by atoms with Gasteiger partial charge in [-0.25, -0.2) is 0 Å². The van der Waals surface area contributed by atoms with Crippen LogP contribution in [0.4, 0.5) is 0 Å². The molecular weight excluding hydrogens is 408 g/mol. The second kappa shape index (κ2) is 7.34. The summed E-state index contributed by atoms with van der Waals surface area (Å²) in [7, 11) is 2.20. The van der Waals surface area contributed by atoms with Crippen molar-refractivity contribution in [2.24, 2.45) is 0 Å². The molecule has 5 rings (SSSR count). The van der Waals surface area contributed by atoms with E-state index in [9.17, 15) is 9.90 Å². The third kappa shape index (κ3) is 2.94. The Labute approximate surface area is 190 Å². The number of ether oxygens (including phenoxy) is 3. The van der Waals surface area contributed by atoms with E-state index in [0.717, 1.165) is 37.8 Å². The summed E-state index contributed by atoms with van der Waals surface area (Å²) in [5.74, 6) is 0.548. The van der Waals surface area contributed by atoms with E-state index < -0.39 is 5.60 Å². The van der Waals surface area contributed by atoms with Crippen molar-refractivity contribution in [1.29, 1.82) is 0 Å². The number of hydrogen-bond acceptors (Lipinski definition) is 7. The summed E-state index contributed by atoms with van der Waals surface area (Å²) < 4.78 is 18.8. The van der Waals surface area contributed by atoms with Gasteiger partial charge in [0.2, 0.25) is 0 Å². The minimum absolute atomic E-state index is 0.0297. The van der Waals surface area contributed by atoms with Gasteiger partial charge in [-0.2, -0.15) is 0 Å². The fourth-order valence-corrected chi connectivity index (χ4v) is 7.08. The molecule has 1 aromatic carbocycles. The molecule has 1 spiro atoms. The summed E-state index contributed by atoms with van der Waals surface area (Å²) in [6.45, 7) is 9.43. The number of likely N-dealkylation sites (tertiary alicyclic amines) is 1. The molecule has 7 nitrogen and oxygen atoms in total. The highest BCUT2D eigenvalue weighted by atomic mass is 16.6. The number of phenols is 1. The third-order valence-corrected chi connectivity index (χ3v) is 8.02. The van der Waals surface area contributed by atoms with Crippen molar-refractivity contribution in [2.45, 2.75) is 88.2 Å². The molecule has 176 valence electrons. The van der Waals surface area contributed by atoms with Crippen LogP contribution >= 0.6 is 0 Å². The number of carbonyl (C=O) groups excluding carboxylic acids is 1. The van der Waals surface area contributed by atoms with Gasteiger partial charge in [-0.15, -0.1) is 0 Å². The first-order valence-electron chi connectivity index (χ1n) is 11.9. The van der Waals surface area contributed by atoms with E-state index in [2.05, 4.69) is 30.3 Å². The van der Waals surface area contributed by atoms with Crippen molar-refractivity contribution in [3.63, 3.8) is 0 Å². The number of carbonyl (C=O) groups is 1. The van der Waals surface area contributed by atoms with Gasteiger partial charge in [-0.05, 0) is 78.6 Å². The first-order chi connectivity index (χ1) is 15.1. The summed E-state index contributed by atoms with van der Waals surface area (Å²) in [5, 5.41) is 14.2. The number of nitrogens with one attached hydrogen (secondary N) is 1. The molecule has 0 unspecified atom stereocenters. The minimum atomic E-state index is -0.514. The molecule has 0 aromatic heterocycles. The lowest BCUT2D eigenvalue weighted by Crippen LogP contribution is -2.78. The quantitative estimate of drug-likeness (QED) is 0.676. The van der Waals surface area contributed by atoms with E-state index in [1.54, 1.807) is 6.07 Å². The molecule has 2 fully saturated rings. The second-order valence-corrected chi connectivity index (χ2v) is 10.8. The van der Waals surface area contributed by atoms with Gasteiger partial charge >= 0.3 is 5.97 Å². The Morgan fingerprint density at radius 2 is 2.12 bits per heavy atom. The molecule has 2 aliphatic carbocycles. The van der Waals surface area contributed by atoms with Crippen molar-refractivity contribution in [2.75, 3.05) is 26.7 Å². The molecular formula is C25H36N2O5. The van der Waals surface area contributed by atoms with Crippen molar-refractivity contribution in [1.82, 2.24) is 10.2 Å². The summed E-state index contributed by atoms with van der Waals surface area (Å²) in [5.41, 5.74) is 1.17. The zero-order valence-electron chi connectivity index (χ0n) is 19.9. The predicted molar refractivity (Wildman–Crippen MR) is 120 cm³/mol. The standard InChI is InChI=1S/C25H36N2O5/c1-6-30-25-10-9-16(26-14-19(29)32-23(2,3)4)22-24(25)11-12-27(5)18(25)13-15-7-8-17(28)21(31-22)20(15)24/h7-8,16,18,22,26,28H,6,9-14H2,1-5H3/t16-,18+,22-,24-,25+/m0/s1. The van der Waals surface area contributed by atoms with Crippen LogP contribution in [-0.4, -0.2) is 72.1 Å². The van der Waals surface area contributed by atoms with Crippen LogP contribution in [0.25, 0.3) is 0 Å². The number of rotatable bonds is 5. The first-order valence-corrected chi connectivity index (χ1v) is 11.9. The highest BCUT2D eigenvalue weighted by Gasteiger charge is 2.73. The first kappa shape index (κ1) is 22.0. The number of nitrogens with zero attached hydrogens (tertiary/aromatic N) is 1. The molecule has 0 radical (unpaired) electrons. The van der Waals surface area contributed by atoms with Crippen LogP contribution in [-0.2, 0) is 26.1 Å². The molecule has 2 N–H and O–H groups in total. The van der Waals surface area contributed by atoms with E-state index >= 15 is 0 Å². The molecule has 2 aliphatic heterocycles. The van der Waals surface area contributed by atoms with Gasteiger partial charge in [-0.1, -0.05) is 6.07 Å². The molecule has 7 heteroatoms. The molecule has 1 aromatic rings. The van der Waals surface area contributed by atoms with Gasteiger partial charge in [0, 0.05) is 24.3 Å². The van der Waals surface area contributed by atoms with Crippen molar-refractivity contribution in [3.8, 4) is 11.5 Å². The fourth-order valence-electron chi connectivity index (χ4n) is 7.08. The maximum atomic E-state index is 12.4. The van der Waals surface area contributed by atoms with E-state index in [1.807, 2.05) is 20.8 Å². The smallest absolute Gasteiger partial charge is 0.320 e. The number of benzene rings is 1. The fraction of sp³-hybridized carbons (Fsp3) is 0.720.